The van der Waals surface area contributed by atoms with Gasteiger partial charge in [-0.2, -0.15) is 0 Å². The third-order valence-corrected chi connectivity index (χ3v) is 2.30. The molecule has 1 aromatic carbocycles. The van der Waals surface area contributed by atoms with E-state index in [-0.39, 0.29) is 30.6 Å². The maximum atomic E-state index is 12.6. The highest BCUT2D eigenvalue weighted by atomic mass is 19.1. The summed E-state index contributed by atoms with van der Waals surface area (Å²) in [6.07, 6.45) is 0.997. The largest absolute Gasteiger partial charge is 0.355 e. The lowest BCUT2D eigenvalue weighted by Crippen LogP contribution is -2.37. The van der Waals surface area contributed by atoms with Gasteiger partial charge in [-0.25, -0.2) is 4.39 Å². The highest BCUT2D eigenvalue weighted by Crippen LogP contribution is 2.03. The smallest absolute Gasteiger partial charge is 0.239 e. The Morgan fingerprint density at radius 1 is 1.11 bits per heavy atom. The van der Waals surface area contributed by atoms with E-state index in [0.29, 0.717) is 12.1 Å². The number of nitrogens with one attached hydrogen (secondary N) is 2. The number of halogens is 1. The molecule has 0 aromatic heterocycles. The van der Waals surface area contributed by atoms with Crippen LogP contribution in [0.25, 0.3) is 0 Å². The minimum atomic E-state index is -0.335. The molecule has 18 heavy (non-hydrogen) atoms. The van der Waals surface area contributed by atoms with Crippen LogP contribution in [0.4, 0.5) is 4.39 Å². The monoisotopic (exact) mass is 252 g/mol. The van der Waals surface area contributed by atoms with Crippen LogP contribution in [0.15, 0.2) is 24.3 Å². The summed E-state index contributed by atoms with van der Waals surface area (Å²) in [6, 6.07) is 5.70. The van der Waals surface area contributed by atoms with Gasteiger partial charge < -0.3 is 10.6 Å². The van der Waals surface area contributed by atoms with Gasteiger partial charge >= 0.3 is 0 Å². The number of carbonyl (C=O) groups is 2. The SMILES string of the molecule is CCCNC(=O)CNC(=O)Cc1ccc(F)cc1. The average Bonchev–Trinajstić information content (AvgIpc) is 2.36. The molecule has 4 nitrogen and oxygen atoms in total. The van der Waals surface area contributed by atoms with Crippen molar-refractivity contribution in [1.29, 1.82) is 0 Å². The van der Waals surface area contributed by atoms with Crippen LogP contribution in [0.2, 0.25) is 0 Å². The van der Waals surface area contributed by atoms with Crippen LogP contribution in [0, 0.1) is 5.82 Å². The van der Waals surface area contributed by atoms with E-state index < -0.39 is 0 Å². The van der Waals surface area contributed by atoms with Crippen molar-refractivity contribution in [2.45, 2.75) is 19.8 Å². The van der Waals surface area contributed by atoms with Gasteiger partial charge in [0.2, 0.25) is 11.8 Å². The Morgan fingerprint density at radius 2 is 1.78 bits per heavy atom. The van der Waals surface area contributed by atoms with E-state index in [0.717, 1.165) is 6.42 Å². The highest BCUT2D eigenvalue weighted by Gasteiger charge is 2.06. The molecule has 0 atom stereocenters. The molecular weight excluding hydrogens is 235 g/mol. The molecule has 0 aliphatic heterocycles. The van der Waals surface area contributed by atoms with Crippen LogP contribution in [0.1, 0.15) is 18.9 Å². The van der Waals surface area contributed by atoms with Gasteiger partial charge in [0.1, 0.15) is 5.82 Å². The lowest BCUT2D eigenvalue weighted by atomic mass is 10.1. The number of rotatable bonds is 6. The first-order valence-electron chi connectivity index (χ1n) is 5.89. The lowest BCUT2D eigenvalue weighted by molar-refractivity contribution is -0.125. The molecular formula is C13H17FN2O2. The van der Waals surface area contributed by atoms with E-state index in [2.05, 4.69) is 10.6 Å². The lowest BCUT2D eigenvalue weighted by Gasteiger charge is -2.06. The molecule has 0 radical (unpaired) electrons. The van der Waals surface area contributed by atoms with Crippen LogP contribution in [0.3, 0.4) is 0 Å². The van der Waals surface area contributed by atoms with E-state index in [9.17, 15) is 14.0 Å². The molecule has 1 rings (SSSR count). The van der Waals surface area contributed by atoms with Gasteiger partial charge in [0.15, 0.2) is 0 Å². The molecule has 5 heteroatoms. The fraction of sp³-hybridized carbons (Fsp3) is 0.385. The Hall–Kier alpha value is -1.91. The third-order valence-electron chi connectivity index (χ3n) is 2.30. The predicted molar refractivity (Wildman–Crippen MR) is 66.4 cm³/mol. The third kappa shape index (κ3) is 5.43. The molecule has 0 fully saturated rings. The van der Waals surface area contributed by atoms with Gasteiger partial charge in [-0.15, -0.1) is 0 Å². The van der Waals surface area contributed by atoms with Gasteiger partial charge in [-0.3, -0.25) is 9.59 Å². The zero-order valence-corrected chi connectivity index (χ0v) is 10.3. The van der Waals surface area contributed by atoms with E-state index in [1.54, 1.807) is 12.1 Å². The van der Waals surface area contributed by atoms with Crippen LogP contribution in [-0.4, -0.2) is 24.9 Å². The minimum Gasteiger partial charge on any atom is -0.355 e. The number of hydrogen-bond acceptors (Lipinski definition) is 2. The molecule has 0 unspecified atom stereocenters. The molecule has 0 aliphatic carbocycles. The first kappa shape index (κ1) is 14.2. The van der Waals surface area contributed by atoms with Crippen molar-refractivity contribution >= 4 is 11.8 Å². The summed E-state index contributed by atoms with van der Waals surface area (Å²) in [4.78, 5) is 22.7. The summed E-state index contributed by atoms with van der Waals surface area (Å²) in [6.45, 7) is 2.53. The van der Waals surface area contributed by atoms with Gasteiger partial charge in [0.05, 0.1) is 13.0 Å². The van der Waals surface area contributed by atoms with Crippen molar-refractivity contribution in [3.8, 4) is 0 Å². The zero-order chi connectivity index (χ0) is 13.4. The topological polar surface area (TPSA) is 58.2 Å². The summed E-state index contributed by atoms with van der Waals surface area (Å²) in [7, 11) is 0. The molecule has 98 valence electrons. The Bertz CT molecular complexity index is 404. The number of benzene rings is 1. The second-order valence-corrected chi connectivity index (χ2v) is 3.93. The molecule has 0 spiro atoms. The normalized spacial score (nSPS) is 9.89. The summed E-state index contributed by atoms with van der Waals surface area (Å²) in [5.41, 5.74) is 0.711. The minimum absolute atomic E-state index is 0.0277. The van der Waals surface area contributed by atoms with Crippen LogP contribution in [-0.2, 0) is 16.0 Å². The molecule has 0 saturated carbocycles. The number of hydrogen-bond donors (Lipinski definition) is 2. The summed E-state index contributed by atoms with van der Waals surface area (Å²) >= 11 is 0. The van der Waals surface area contributed by atoms with Gasteiger partial charge in [0.25, 0.3) is 0 Å². The van der Waals surface area contributed by atoms with Gasteiger partial charge in [0, 0.05) is 6.54 Å². The molecule has 2 amide bonds. The Morgan fingerprint density at radius 3 is 2.39 bits per heavy atom. The Labute approximate surface area is 106 Å². The van der Waals surface area contributed by atoms with Crippen LogP contribution < -0.4 is 10.6 Å². The number of carbonyl (C=O) groups excluding carboxylic acids is 2. The van der Waals surface area contributed by atoms with E-state index in [4.69, 9.17) is 0 Å². The fourth-order valence-corrected chi connectivity index (χ4v) is 1.36. The van der Waals surface area contributed by atoms with Crippen LogP contribution in [0.5, 0.6) is 0 Å². The number of amides is 2. The van der Waals surface area contributed by atoms with E-state index in [1.807, 2.05) is 6.92 Å². The van der Waals surface area contributed by atoms with Crippen molar-refractivity contribution < 1.29 is 14.0 Å². The average molecular weight is 252 g/mol. The first-order valence-corrected chi connectivity index (χ1v) is 5.89. The fourth-order valence-electron chi connectivity index (χ4n) is 1.36. The van der Waals surface area contributed by atoms with Gasteiger partial charge in [-0.1, -0.05) is 19.1 Å². The molecule has 0 bridgehead atoms. The van der Waals surface area contributed by atoms with Crippen molar-refractivity contribution in [2.75, 3.05) is 13.1 Å². The first-order chi connectivity index (χ1) is 8.61. The van der Waals surface area contributed by atoms with Crippen molar-refractivity contribution in [3.63, 3.8) is 0 Å². The molecule has 2 N–H and O–H groups in total. The Kier molecular flexibility index (Phi) is 5.84. The van der Waals surface area contributed by atoms with Crippen molar-refractivity contribution in [3.05, 3.63) is 35.6 Å². The van der Waals surface area contributed by atoms with E-state index in [1.165, 1.54) is 12.1 Å². The van der Waals surface area contributed by atoms with Crippen molar-refractivity contribution in [1.82, 2.24) is 10.6 Å². The van der Waals surface area contributed by atoms with Crippen molar-refractivity contribution in [2.24, 2.45) is 0 Å². The molecule has 0 heterocycles. The van der Waals surface area contributed by atoms with E-state index >= 15 is 0 Å². The molecule has 0 aliphatic rings. The molecule has 0 saturated heterocycles. The molecule has 1 aromatic rings. The zero-order valence-electron chi connectivity index (χ0n) is 10.3. The maximum Gasteiger partial charge on any atom is 0.239 e. The summed E-state index contributed by atoms with van der Waals surface area (Å²) in [5, 5.41) is 5.17. The van der Waals surface area contributed by atoms with Crippen LogP contribution >= 0.6 is 0 Å². The summed E-state index contributed by atoms with van der Waals surface area (Å²) < 4.78 is 12.6. The standard InChI is InChI=1S/C13H17FN2O2/c1-2-7-15-13(18)9-16-12(17)8-10-3-5-11(14)6-4-10/h3-6H,2,7-9H2,1H3,(H,15,18)(H,16,17). The Balaban J connectivity index is 2.29. The quantitative estimate of drug-likeness (QED) is 0.794. The summed E-state index contributed by atoms with van der Waals surface area (Å²) in [5.74, 6) is -0.796. The van der Waals surface area contributed by atoms with Gasteiger partial charge in [-0.05, 0) is 24.1 Å². The maximum absolute atomic E-state index is 12.6. The second kappa shape index (κ2) is 7.42. The second-order valence-electron chi connectivity index (χ2n) is 3.93. The predicted octanol–water partition coefficient (Wildman–Crippen LogP) is 1.01. The highest BCUT2D eigenvalue weighted by molar-refractivity contribution is 5.85.